The Morgan fingerprint density at radius 2 is 1.67 bits per heavy atom. The lowest BCUT2D eigenvalue weighted by Crippen LogP contribution is -2.42. The fraction of sp³-hybridized carbons (Fsp3) is 0.296. The van der Waals surface area contributed by atoms with Gasteiger partial charge in [-0.3, -0.25) is 4.79 Å². The lowest BCUT2D eigenvalue weighted by molar-refractivity contribution is 0.0589. The van der Waals surface area contributed by atoms with Gasteiger partial charge in [-0.1, -0.05) is 17.7 Å². The normalized spacial score (nSPS) is 15.2. The molecule has 0 saturated heterocycles. The highest BCUT2D eigenvalue weighted by Gasteiger charge is 2.32. The molecule has 0 N–H and O–H groups in total. The van der Waals surface area contributed by atoms with Crippen LogP contribution in [0, 0.1) is 0 Å². The largest absolute Gasteiger partial charge is 0.497 e. The molecule has 1 amide bonds. The first-order valence-electron chi connectivity index (χ1n) is 11.1. The van der Waals surface area contributed by atoms with Gasteiger partial charge in [0.15, 0.2) is 0 Å². The fourth-order valence-corrected chi connectivity index (χ4v) is 4.19. The molecule has 0 radical (unpaired) electrons. The third kappa shape index (κ3) is 5.42. The van der Waals surface area contributed by atoms with Crippen molar-refractivity contribution in [1.82, 2.24) is 4.90 Å². The SMILES string of the molecule is COc1ccc(OCC2c3ccc(OC(C)C)cc3CCN2C(=O)c2ccc(Cl)cc2)cc1. The molecule has 1 atom stereocenters. The number of carbonyl (C=O) groups is 1. The second kappa shape index (κ2) is 10.2. The molecule has 5 nitrogen and oxygen atoms in total. The predicted octanol–water partition coefficient (Wildman–Crippen LogP) is 5.95. The van der Waals surface area contributed by atoms with E-state index in [1.54, 1.807) is 31.4 Å². The number of methoxy groups -OCH3 is 1. The molecule has 0 saturated carbocycles. The van der Waals surface area contributed by atoms with Gasteiger partial charge in [-0.25, -0.2) is 0 Å². The van der Waals surface area contributed by atoms with Gasteiger partial charge in [-0.2, -0.15) is 0 Å². The molecule has 1 aliphatic heterocycles. The minimum Gasteiger partial charge on any atom is -0.497 e. The third-order valence-corrected chi connectivity index (χ3v) is 5.91. The van der Waals surface area contributed by atoms with Crippen molar-refractivity contribution in [2.75, 3.05) is 20.3 Å². The molecule has 33 heavy (non-hydrogen) atoms. The number of benzene rings is 3. The van der Waals surface area contributed by atoms with Crippen LogP contribution < -0.4 is 14.2 Å². The number of fused-ring (bicyclic) bond motifs is 1. The second-order valence-corrected chi connectivity index (χ2v) is 8.72. The Morgan fingerprint density at radius 3 is 2.33 bits per heavy atom. The molecule has 0 fully saturated rings. The van der Waals surface area contributed by atoms with E-state index < -0.39 is 0 Å². The summed E-state index contributed by atoms with van der Waals surface area (Å²) in [6.07, 6.45) is 0.854. The van der Waals surface area contributed by atoms with Gasteiger partial charge >= 0.3 is 0 Å². The predicted molar refractivity (Wildman–Crippen MR) is 130 cm³/mol. The van der Waals surface area contributed by atoms with Crippen LogP contribution in [0.25, 0.3) is 0 Å². The maximum Gasteiger partial charge on any atom is 0.254 e. The number of halogens is 1. The van der Waals surface area contributed by atoms with Crippen molar-refractivity contribution < 1.29 is 19.0 Å². The highest BCUT2D eigenvalue weighted by atomic mass is 35.5. The summed E-state index contributed by atoms with van der Waals surface area (Å²) in [5.41, 5.74) is 2.86. The number of hydrogen-bond donors (Lipinski definition) is 0. The Hall–Kier alpha value is -3.18. The lowest BCUT2D eigenvalue weighted by Gasteiger charge is -2.37. The molecular formula is C27H28ClNO4. The summed E-state index contributed by atoms with van der Waals surface area (Å²) in [5.74, 6) is 2.29. The molecule has 3 aromatic rings. The van der Waals surface area contributed by atoms with E-state index >= 15 is 0 Å². The maximum absolute atomic E-state index is 13.4. The van der Waals surface area contributed by atoms with Crippen molar-refractivity contribution in [3.05, 3.63) is 88.4 Å². The molecule has 0 aromatic heterocycles. The second-order valence-electron chi connectivity index (χ2n) is 8.28. The van der Waals surface area contributed by atoms with Crippen LogP contribution in [0.5, 0.6) is 17.2 Å². The fourth-order valence-electron chi connectivity index (χ4n) is 4.06. The zero-order chi connectivity index (χ0) is 23.4. The standard InChI is InChI=1S/C27H28ClNO4/c1-18(2)33-24-12-13-25-20(16-24)14-15-29(27(30)19-4-6-21(28)7-5-19)26(25)17-32-23-10-8-22(31-3)9-11-23/h4-13,16,18,26H,14-15,17H2,1-3H3. The Bertz CT molecular complexity index is 1100. The van der Waals surface area contributed by atoms with Crippen LogP contribution in [0.3, 0.4) is 0 Å². The minimum atomic E-state index is -0.230. The number of ether oxygens (including phenoxy) is 3. The number of rotatable bonds is 7. The van der Waals surface area contributed by atoms with E-state index in [0.717, 1.165) is 29.2 Å². The van der Waals surface area contributed by atoms with Gasteiger partial charge in [0.2, 0.25) is 0 Å². The van der Waals surface area contributed by atoms with Crippen LogP contribution in [0.4, 0.5) is 0 Å². The average Bonchev–Trinajstić information content (AvgIpc) is 2.82. The molecule has 6 heteroatoms. The number of hydrogen-bond acceptors (Lipinski definition) is 4. The van der Waals surface area contributed by atoms with E-state index in [9.17, 15) is 4.79 Å². The molecule has 1 heterocycles. The van der Waals surface area contributed by atoms with Crippen LogP contribution >= 0.6 is 11.6 Å². The van der Waals surface area contributed by atoms with Gasteiger partial charge in [-0.15, -0.1) is 0 Å². The molecule has 0 bridgehead atoms. The van der Waals surface area contributed by atoms with E-state index in [4.69, 9.17) is 25.8 Å². The number of amides is 1. The lowest BCUT2D eigenvalue weighted by atomic mass is 9.92. The third-order valence-electron chi connectivity index (χ3n) is 5.66. The van der Waals surface area contributed by atoms with Gasteiger partial charge in [0.1, 0.15) is 23.9 Å². The van der Waals surface area contributed by atoms with Crippen LogP contribution in [0.2, 0.25) is 5.02 Å². The van der Waals surface area contributed by atoms with Gasteiger partial charge in [0.25, 0.3) is 5.91 Å². The van der Waals surface area contributed by atoms with Gasteiger partial charge in [0.05, 0.1) is 19.3 Å². The van der Waals surface area contributed by atoms with E-state index in [2.05, 4.69) is 12.1 Å². The average molecular weight is 466 g/mol. The first-order valence-corrected chi connectivity index (χ1v) is 11.5. The smallest absolute Gasteiger partial charge is 0.254 e. The van der Waals surface area contributed by atoms with Crippen molar-refractivity contribution in [3.8, 4) is 17.2 Å². The summed E-state index contributed by atoms with van der Waals surface area (Å²) in [6.45, 7) is 4.95. The molecule has 172 valence electrons. The van der Waals surface area contributed by atoms with E-state index in [-0.39, 0.29) is 18.1 Å². The van der Waals surface area contributed by atoms with E-state index in [1.165, 1.54) is 5.56 Å². The van der Waals surface area contributed by atoms with Crippen molar-refractivity contribution >= 4 is 17.5 Å². The molecule has 0 spiro atoms. The quantitative estimate of drug-likeness (QED) is 0.432. The zero-order valence-corrected chi connectivity index (χ0v) is 19.8. The maximum atomic E-state index is 13.4. The molecule has 1 aliphatic rings. The Kier molecular flexibility index (Phi) is 7.09. The summed E-state index contributed by atoms with van der Waals surface area (Å²) in [4.78, 5) is 15.3. The molecule has 0 aliphatic carbocycles. The van der Waals surface area contributed by atoms with Gasteiger partial charge in [-0.05, 0) is 92.1 Å². The van der Waals surface area contributed by atoms with Crippen LogP contribution in [-0.2, 0) is 6.42 Å². The Morgan fingerprint density at radius 1 is 1.00 bits per heavy atom. The van der Waals surface area contributed by atoms with Crippen molar-refractivity contribution in [2.24, 2.45) is 0 Å². The highest BCUT2D eigenvalue weighted by Crippen LogP contribution is 2.34. The number of carbonyl (C=O) groups excluding carboxylic acids is 1. The first-order chi connectivity index (χ1) is 15.9. The first kappa shape index (κ1) is 23.0. The molecule has 3 aromatic carbocycles. The minimum absolute atomic E-state index is 0.0387. The molecule has 1 unspecified atom stereocenters. The summed E-state index contributed by atoms with van der Waals surface area (Å²) >= 11 is 6.02. The zero-order valence-electron chi connectivity index (χ0n) is 19.1. The van der Waals surface area contributed by atoms with Crippen molar-refractivity contribution in [3.63, 3.8) is 0 Å². The summed E-state index contributed by atoms with van der Waals surface area (Å²) in [7, 11) is 1.63. The van der Waals surface area contributed by atoms with Crippen molar-refractivity contribution in [1.29, 1.82) is 0 Å². The topological polar surface area (TPSA) is 48.0 Å². The summed E-state index contributed by atoms with van der Waals surface area (Å²) in [5, 5.41) is 0.604. The van der Waals surface area contributed by atoms with Crippen molar-refractivity contribution in [2.45, 2.75) is 32.4 Å². The summed E-state index contributed by atoms with van der Waals surface area (Å²) in [6, 6.07) is 20.3. The number of nitrogens with zero attached hydrogens (tertiary/aromatic N) is 1. The van der Waals surface area contributed by atoms with Crippen LogP contribution in [0.15, 0.2) is 66.7 Å². The molecular weight excluding hydrogens is 438 g/mol. The Balaban J connectivity index is 1.62. The van der Waals surface area contributed by atoms with E-state index in [0.29, 0.717) is 23.7 Å². The Labute approximate surface area is 199 Å². The van der Waals surface area contributed by atoms with Gasteiger partial charge < -0.3 is 19.1 Å². The monoisotopic (exact) mass is 465 g/mol. The van der Waals surface area contributed by atoms with Gasteiger partial charge in [0, 0.05) is 17.1 Å². The van der Waals surface area contributed by atoms with Crippen LogP contribution in [-0.4, -0.2) is 37.2 Å². The molecule has 4 rings (SSSR count). The highest BCUT2D eigenvalue weighted by molar-refractivity contribution is 6.30. The van der Waals surface area contributed by atoms with E-state index in [1.807, 2.05) is 49.1 Å². The van der Waals surface area contributed by atoms with Crippen LogP contribution in [0.1, 0.15) is 41.4 Å². The summed E-state index contributed by atoms with van der Waals surface area (Å²) < 4.78 is 17.2.